The first-order valence-corrected chi connectivity index (χ1v) is 12.0. The highest BCUT2D eigenvalue weighted by molar-refractivity contribution is 7.15. The number of hydrogen-bond acceptors (Lipinski definition) is 6. The largest absolute Gasteiger partial charge is 0.497 e. The molecule has 0 N–H and O–H groups in total. The molecule has 0 spiro atoms. The Kier molecular flexibility index (Phi) is 7.72. The molecule has 0 saturated heterocycles. The van der Waals surface area contributed by atoms with E-state index in [2.05, 4.69) is 9.78 Å². The third-order valence-electron chi connectivity index (χ3n) is 5.51. The molecule has 0 saturated carbocycles. The number of rotatable bonds is 10. The van der Waals surface area contributed by atoms with Crippen LogP contribution < -0.4 is 9.47 Å². The Morgan fingerprint density at radius 1 is 1.06 bits per heavy atom. The molecule has 9 heteroatoms. The number of thiazole rings is 1. The normalized spacial score (nSPS) is 11.1. The summed E-state index contributed by atoms with van der Waals surface area (Å²) in [7, 11) is 4.76. The van der Waals surface area contributed by atoms with E-state index in [-0.39, 0.29) is 5.91 Å². The first kappa shape index (κ1) is 24.1. The molecule has 178 valence electrons. The van der Waals surface area contributed by atoms with Gasteiger partial charge in [-0.1, -0.05) is 23.7 Å². The van der Waals surface area contributed by atoms with Crippen LogP contribution in [0.15, 0.2) is 54.0 Å². The fraction of sp³-hybridized carbons (Fsp3) is 0.280. The lowest BCUT2D eigenvalue weighted by Crippen LogP contribution is -2.35. The summed E-state index contributed by atoms with van der Waals surface area (Å²) >= 11 is 7.60. The lowest BCUT2D eigenvalue weighted by Gasteiger charge is -2.23. The second kappa shape index (κ2) is 10.9. The fourth-order valence-corrected chi connectivity index (χ4v) is 4.68. The van der Waals surface area contributed by atoms with Gasteiger partial charge in [0, 0.05) is 66.1 Å². The molecule has 1 amide bonds. The van der Waals surface area contributed by atoms with E-state index in [0.717, 1.165) is 21.9 Å². The molecule has 0 unspecified atom stereocenters. The molecule has 2 aromatic heterocycles. The van der Waals surface area contributed by atoms with E-state index in [0.29, 0.717) is 48.2 Å². The van der Waals surface area contributed by atoms with Gasteiger partial charge in [0.2, 0.25) is 0 Å². The molecule has 7 nitrogen and oxygen atoms in total. The predicted molar refractivity (Wildman–Crippen MR) is 135 cm³/mol. The minimum absolute atomic E-state index is 0.104. The lowest BCUT2D eigenvalue weighted by atomic mass is 10.1. The Bertz CT molecular complexity index is 1250. The van der Waals surface area contributed by atoms with E-state index in [1.165, 1.54) is 0 Å². The van der Waals surface area contributed by atoms with Crippen molar-refractivity contribution in [3.8, 4) is 22.8 Å². The van der Waals surface area contributed by atoms with Crippen LogP contribution in [0.2, 0.25) is 5.02 Å². The highest BCUT2D eigenvalue weighted by Crippen LogP contribution is 2.26. The Labute approximate surface area is 207 Å². The third kappa shape index (κ3) is 5.35. The van der Waals surface area contributed by atoms with Crippen molar-refractivity contribution in [2.24, 2.45) is 0 Å². The van der Waals surface area contributed by atoms with Gasteiger partial charge in [0.15, 0.2) is 4.96 Å². The molecule has 4 rings (SSSR count). The summed E-state index contributed by atoms with van der Waals surface area (Å²) < 4.78 is 18.0. The highest BCUT2D eigenvalue weighted by atomic mass is 35.5. The van der Waals surface area contributed by atoms with E-state index in [1.807, 2.05) is 30.5 Å². The van der Waals surface area contributed by atoms with Crippen LogP contribution in [-0.4, -0.2) is 61.2 Å². The second-order valence-corrected chi connectivity index (χ2v) is 8.92. The van der Waals surface area contributed by atoms with Gasteiger partial charge in [-0.15, -0.1) is 11.3 Å². The highest BCUT2D eigenvalue weighted by Gasteiger charge is 2.19. The van der Waals surface area contributed by atoms with Crippen LogP contribution in [0.25, 0.3) is 16.2 Å². The van der Waals surface area contributed by atoms with E-state index >= 15 is 0 Å². The minimum atomic E-state index is -0.104. The topological polar surface area (TPSA) is 65.3 Å². The average molecular weight is 500 g/mol. The summed E-state index contributed by atoms with van der Waals surface area (Å²) in [5.74, 6) is 1.04. The van der Waals surface area contributed by atoms with Gasteiger partial charge in [-0.25, -0.2) is 4.98 Å². The molecule has 34 heavy (non-hydrogen) atoms. The molecule has 2 aromatic carbocycles. The van der Waals surface area contributed by atoms with E-state index in [4.69, 9.17) is 30.8 Å². The van der Waals surface area contributed by atoms with Crippen molar-refractivity contribution in [2.75, 3.05) is 41.0 Å². The lowest BCUT2D eigenvalue weighted by molar-refractivity contribution is 0.0696. The molecule has 2 heterocycles. The molecule has 0 bridgehead atoms. The van der Waals surface area contributed by atoms with Crippen LogP contribution in [0.4, 0.5) is 0 Å². The number of fused-ring (bicyclic) bond motifs is 1. The van der Waals surface area contributed by atoms with Gasteiger partial charge < -0.3 is 19.1 Å². The number of imidazole rings is 1. The summed E-state index contributed by atoms with van der Waals surface area (Å²) in [5.41, 5.74) is 3.50. The maximum Gasteiger partial charge on any atom is 0.254 e. The van der Waals surface area contributed by atoms with Crippen LogP contribution in [-0.2, 0) is 11.2 Å². The number of ether oxygens (including phenoxy) is 3. The van der Waals surface area contributed by atoms with Gasteiger partial charge in [0.05, 0.1) is 26.5 Å². The predicted octanol–water partition coefficient (Wildman–Crippen LogP) is 5.06. The van der Waals surface area contributed by atoms with Crippen LogP contribution in [0.5, 0.6) is 11.5 Å². The van der Waals surface area contributed by atoms with Gasteiger partial charge in [0.25, 0.3) is 5.91 Å². The molecule has 4 aromatic rings. The third-order valence-corrected chi connectivity index (χ3v) is 6.65. The summed E-state index contributed by atoms with van der Waals surface area (Å²) in [4.78, 5) is 20.8. The molecule has 0 aliphatic rings. The summed E-state index contributed by atoms with van der Waals surface area (Å²) in [5, 5.41) is 2.78. The zero-order valence-electron chi connectivity index (χ0n) is 19.3. The SMILES string of the molecule is COCCN(CCc1csc2nc(-c3ccc(Cl)cc3)cn12)C(=O)c1cc(OC)cc(OC)c1. The zero-order valence-corrected chi connectivity index (χ0v) is 20.9. The summed E-state index contributed by atoms with van der Waals surface area (Å²) in [6, 6.07) is 12.8. The quantitative estimate of drug-likeness (QED) is 0.305. The smallest absolute Gasteiger partial charge is 0.254 e. The van der Waals surface area contributed by atoms with E-state index in [9.17, 15) is 4.79 Å². The molecule has 0 radical (unpaired) electrons. The monoisotopic (exact) mass is 499 g/mol. The van der Waals surface area contributed by atoms with Gasteiger partial charge in [0.1, 0.15) is 11.5 Å². The maximum atomic E-state index is 13.4. The van der Waals surface area contributed by atoms with Gasteiger partial charge in [-0.2, -0.15) is 0 Å². The fourth-order valence-electron chi connectivity index (χ4n) is 3.65. The molecule has 0 fully saturated rings. The number of hydrogen-bond donors (Lipinski definition) is 0. The maximum absolute atomic E-state index is 13.4. The summed E-state index contributed by atoms with van der Waals surface area (Å²) in [6.45, 7) is 1.45. The minimum Gasteiger partial charge on any atom is -0.497 e. The first-order valence-electron chi connectivity index (χ1n) is 10.7. The number of aromatic nitrogens is 2. The number of benzene rings is 2. The van der Waals surface area contributed by atoms with E-state index < -0.39 is 0 Å². The molecule has 0 aliphatic heterocycles. The van der Waals surface area contributed by atoms with Gasteiger partial charge in [-0.3, -0.25) is 9.20 Å². The number of carbonyl (C=O) groups is 1. The number of halogens is 1. The van der Waals surface area contributed by atoms with Crippen molar-refractivity contribution < 1.29 is 19.0 Å². The standard InChI is InChI=1S/C25H26ClN3O4S/c1-31-11-10-28(24(30)18-12-21(32-2)14-22(13-18)33-3)9-8-20-16-34-25-27-23(15-29(20)25)17-4-6-19(26)7-5-17/h4-7,12-16H,8-11H2,1-3H3. The second-order valence-electron chi connectivity index (χ2n) is 7.65. The van der Waals surface area contributed by atoms with Gasteiger partial charge in [-0.05, 0) is 24.3 Å². The zero-order chi connectivity index (χ0) is 24.1. The van der Waals surface area contributed by atoms with Crippen molar-refractivity contribution in [3.63, 3.8) is 0 Å². The van der Waals surface area contributed by atoms with Crippen molar-refractivity contribution in [1.82, 2.24) is 14.3 Å². The number of amides is 1. The van der Waals surface area contributed by atoms with Crippen molar-refractivity contribution in [3.05, 3.63) is 70.3 Å². The van der Waals surface area contributed by atoms with Crippen molar-refractivity contribution in [2.45, 2.75) is 6.42 Å². The molecular weight excluding hydrogens is 474 g/mol. The van der Waals surface area contributed by atoms with Crippen LogP contribution in [0.3, 0.4) is 0 Å². The molecular formula is C25H26ClN3O4S. The Morgan fingerprint density at radius 2 is 1.76 bits per heavy atom. The van der Waals surface area contributed by atoms with Crippen LogP contribution in [0, 0.1) is 0 Å². The van der Waals surface area contributed by atoms with Crippen LogP contribution in [0.1, 0.15) is 16.1 Å². The Hall–Kier alpha value is -3.07. The van der Waals surface area contributed by atoms with Crippen molar-refractivity contribution in [1.29, 1.82) is 0 Å². The Morgan fingerprint density at radius 3 is 2.41 bits per heavy atom. The number of nitrogens with zero attached hydrogens (tertiary/aromatic N) is 3. The first-order chi connectivity index (χ1) is 16.5. The van der Waals surface area contributed by atoms with Gasteiger partial charge >= 0.3 is 0 Å². The van der Waals surface area contributed by atoms with E-state index in [1.54, 1.807) is 55.8 Å². The number of carbonyl (C=O) groups excluding carboxylic acids is 1. The Balaban J connectivity index is 1.54. The molecule has 0 aliphatic carbocycles. The van der Waals surface area contributed by atoms with Crippen LogP contribution >= 0.6 is 22.9 Å². The number of methoxy groups -OCH3 is 3. The molecule has 0 atom stereocenters. The van der Waals surface area contributed by atoms with Crippen molar-refractivity contribution >= 4 is 33.8 Å². The summed E-state index contributed by atoms with van der Waals surface area (Å²) in [6.07, 6.45) is 2.70. The average Bonchev–Trinajstić information content (AvgIpc) is 3.45.